The minimum Gasteiger partial charge on any atom is -0.396 e. The SMILES string of the molecule is CCOCC(=O)N1CCC2(CCN(Cc3cccnc3)CC2)[C@@H](CO)C1. The molecule has 0 aromatic carbocycles. The number of carbonyl (C=O) groups excluding carboxylic acids is 1. The molecule has 3 rings (SSSR count). The van der Waals surface area contributed by atoms with E-state index in [1.54, 1.807) is 6.20 Å². The summed E-state index contributed by atoms with van der Waals surface area (Å²) < 4.78 is 5.26. The molecule has 6 nitrogen and oxygen atoms in total. The number of nitrogens with zero attached hydrogens (tertiary/aromatic N) is 3. The molecule has 1 atom stereocenters. The number of aromatic nitrogens is 1. The van der Waals surface area contributed by atoms with Crippen molar-refractivity contribution < 1.29 is 14.6 Å². The highest BCUT2D eigenvalue weighted by Gasteiger charge is 2.45. The van der Waals surface area contributed by atoms with Crippen molar-refractivity contribution in [1.29, 1.82) is 0 Å². The zero-order valence-corrected chi connectivity index (χ0v) is 15.8. The van der Waals surface area contributed by atoms with Gasteiger partial charge in [0.05, 0.1) is 0 Å². The molecule has 0 unspecified atom stereocenters. The van der Waals surface area contributed by atoms with Gasteiger partial charge in [0.15, 0.2) is 0 Å². The number of carbonyl (C=O) groups is 1. The summed E-state index contributed by atoms with van der Waals surface area (Å²) in [5, 5.41) is 9.99. The molecule has 6 heteroatoms. The van der Waals surface area contributed by atoms with Gasteiger partial charge in [0.25, 0.3) is 0 Å². The largest absolute Gasteiger partial charge is 0.396 e. The van der Waals surface area contributed by atoms with Gasteiger partial charge in [0, 0.05) is 51.2 Å². The Bertz CT molecular complexity index is 573. The van der Waals surface area contributed by atoms with E-state index in [1.165, 1.54) is 5.56 Å². The Morgan fingerprint density at radius 2 is 2.12 bits per heavy atom. The molecule has 1 aromatic heterocycles. The number of rotatable bonds is 6. The summed E-state index contributed by atoms with van der Waals surface area (Å²) in [6.45, 7) is 7.22. The highest BCUT2D eigenvalue weighted by molar-refractivity contribution is 5.77. The summed E-state index contributed by atoms with van der Waals surface area (Å²) in [5.74, 6) is 0.219. The van der Waals surface area contributed by atoms with E-state index in [0.29, 0.717) is 13.2 Å². The first-order valence-corrected chi connectivity index (χ1v) is 9.74. The maximum absolute atomic E-state index is 12.3. The lowest BCUT2D eigenvalue weighted by molar-refractivity contribution is -0.142. The fourth-order valence-electron chi connectivity index (χ4n) is 4.44. The number of aliphatic hydroxyl groups is 1. The number of aliphatic hydroxyl groups excluding tert-OH is 1. The maximum atomic E-state index is 12.3. The minimum atomic E-state index is 0.0502. The van der Waals surface area contributed by atoms with Crippen molar-refractivity contribution >= 4 is 5.91 Å². The van der Waals surface area contributed by atoms with E-state index in [1.807, 2.05) is 24.1 Å². The third-order valence-corrected chi connectivity index (χ3v) is 6.17. The topological polar surface area (TPSA) is 65.9 Å². The predicted molar refractivity (Wildman–Crippen MR) is 99.4 cm³/mol. The van der Waals surface area contributed by atoms with Gasteiger partial charge < -0.3 is 14.7 Å². The molecule has 0 bridgehead atoms. The van der Waals surface area contributed by atoms with Gasteiger partial charge in [-0.2, -0.15) is 0 Å². The molecule has 0 saturated carbocycles. The quantitative estimate of drug-likeness (QED) is 0.833. The Kier molecular flexibility index (Phi) is 6.62. The van der Waals surface area contributed by atoms with E-state index in [0.717, 1.165) is 45.4 Å². The summed E-state index contributed by atoms with van der Waals surface area (Å²) >= 11 is 0. The highest BCUT2D eigenvalue weighted by Crippen LogP contribution is 2.45. The Hall–Kier alpha value is -1.50. The number of piperidine rings is 2. The predicted octanol–water partition coefficient (Wildman–Crippen LogP) is 1.54. The number of hydrogen-bond donors (Lipinski definition) is 1. The zero-order chi connectivity index (χ0) is 18.4. The fraction of sp³-hybridized carbons (Fsp3) is 0.700. The molecule has 1 aromatic rings. The lowest BCUT2D eigenvalue weighted by Crippen LogP contribution is -2.55. The van der Waals surface area contributed by atoms with Crippen LogP contribution in [-0.4, -0.2) is 71.8 Å². The lowest BCUT2D eigenvalue weighted by Gasteiger charge is -2.51. The van der Waals surface area contributed by atoms with Crippen LogP contribution in [0.4, 0.5) is 0 Å². The van der Waals surface area contributed by atoms with Crippen LogP contribution in [0.5, 0.6) is 0 Å². The van der Waals surface area contributed by atoms with E-state index in [4.69, 9.17) is 4.74 Å². The first-order valence-electron chi connectivity index (χ1n) is 9.74. The number of pyridine rings is 1. The van der Waals surface area contributed by atoms with Crippen molar-refractivity contribution in [2.45, 2.75) is 32.7 Å². The van der Waals surface area contributed by atoms with Gasteiger partial charge in [-0.3, -0.25) is 14.7 Å². The molecular weight excluding hydrogens is 330 g/mol. The van der Waals surface area contributed by atoms with Crippen LogP contribution in [0.15, 0.2) is 24.5 Å². The number of ether oxygens (including phenoxy) is 1. The average Bonchev–Trinajstić information content (AvgIpc) is 2.69. The van der Waals surface area contributed by atoms with Gasteiger partial charge in [-0.1, -0.05) is 6.07 Å². The van der Waals surface area contributed by atoms with Crippen LogP contribution in [0.25, 0.3) is 0 Å². The molecule has 1 spiro atoms. The van der Waals surface area contributed by atoms with Gasteiger partial charge in [-0.15, -0.1) is 0 Å². The number of amides is 1. The molecule has 2 aliphatic heterocycles. The van der Waals surface area contributed by atoms with E-state index < -0.39 is 0 Å². The molecule has 0 radical (unpaired) electrons. The van der Waals surface area contributed by atoms with Crippen molar-refractivity contribution in [3.8, 4) is 0 Å². The summed E-state index contributed by atoms with van der Waals surface area (Å²) in [4.78, 5) is 20.8. The van der Waals surface area contributed by atoms with Gasteiger partial charge >= 0.3 is 0 Å². The second-order valence-electron chi connectivity index (χ2n) is 7.61. The van der Waals surface area contributed by atoms with Gasteiger partial charge in [-0.25, -0.2) is 0 Å². The van der Waals surface area contributed by atoms with Crippen molar-refractivity contribution in [3.05, 3.63) is 30.1 Å². The Morgan fingerprint density at radius 1 is 1.35 bits per heavy atom. The van der Waals surface area contributed by atoms with Crippen LogP contribution in [0.2, 0.25) is 0 Å². The Labute approximate surface area is 156 Å². The first-order chi connectivity index (χ1) is 12.7. The van der Waals surface area contributed by atoms with Crippen LogP contribution in [0.3, 0.4) is 0 Å². The monoisotopic (exact) mass is 361 g/mol. The summed E-state index contributed by atoms with van der Waals surface area (Å²) in [5.41, 5.74) is 1.42. The maximum Gasteiger partial charge on any atom is 0.248 e. The Morgan fingerprint density at radius 3 is 2.77 bits per heavy atom. The van der Waals surface area contributed by atoms with Gasteiger partial charge in [0.2, 0.25) is 5.91 Å². The molecule has 1 N–H and O–H groups in total. The normalized spacial score (nSPS) is 23.3. The zero-order valence-electron chi connectivity index (χ0n) is 15.8. The molecule has 26 heavy (non-hydrogen) atoms. The molecule has 2 aliphatic rings. The van der Waals surface area contributed by atoms with Crippen LogP contribution in [0, 0.1) is 11.3 Å². The van der Waals surface area contributed by atoms with Crippen LogP contribution in [0.1, 0.15) is 31.7 Å². The van der Waals surface area contributed by atoms with Crippen molar-refractivity contribution in [3.63, 3.8) is 0 Å². The third kappa shape index (κ3) is 4.42. The molecule has 2 fully saturated rings. The molecule has 144 valence electrons. The van der Waals surface area contributed by atoms with Crippen LogP contribution >= 0.6 is 0 Å². The molecule has 2 saturated heterocycles. The van der Waals surface area contributed by atoms with E-state index in [-0.39, 0.29) is 30.5 Å². The second-order valence-corrected chi connectivity index (χ2v) is 7.61. The van der Waals surface area contributed by atoms with E-state index in [2.05, 4.69) is 16.0 Å². The van der Waals surface area contributed by atoms with Crippen molar-refractivity contribution in [2.24, 2.45) is 11.3 Å². The molecular formula is C20H31N3O3. The van der Waals surface area contributed by atoms with E-state index in [9.17, 15) is 9.90 Å². The standard InChI is InChI=1S/C20H31N3O3/c1-2-26-16-19(25)23-11-7-20(18(14-23)15-24)5-9-22(10-6-20)13-17-4-3-8-21-12-17/h3-4,8,12,18,24H,2,5-7,9-11,13-16H2,1H3/t18-/m1/s1. The summed E-state index contributed by atoms with van der Waals surface area (Å²) in [6, 6.07) is 4.11. The van der Waals surface area contributed by atoms with Crippen molar-refractivity contribution in [1.82, 2.24) is 14.8 Å². The smallest absolute Gasteiger partial charge is 0.248 e. The number of likely N-dealkylation sites (tertiary alicyclic amines) is 2. The fourth-order valence-corrected chi connectivity index (χ4v) is 4.44. The second kappa shape index (κ2) is 8.93. The third-order valence-electron chi connectivity index (χ3n) is 6.17. The molecule has 3 heterocycles. The molecule has 1 amide bonds. The van der Waals surface area contributed by atoms with Crippen molar-refractivity contribution in [2.75, 3.05) is 46.0 Å². The summed E-state index contributed by atoms with van der Waals surface area (Å²) in [6.07, 6.45) is 6.90. The van der Waals surface area contributed by atoms with Gasteiger partial charge in [-0.05, 0) is 56.3 Å². The highest BCUT2D eigenvalue weighted by atomic mass is 16.5. The van der Waals surface area contributed by atoms with E-state index >= 15 is 0 Å². The minimum absolute atomic E-state index is 0.0502. The van der Waals surface area contributed by atoms with Crippen LogP contribution < -0.4 is 0 Å². The summed E-state index contributed by atoms with van der Waals surface area (Å²) in [7, 11) is 0. The number of hydrogen-bond acceptors (Lipinski definition) is 5. The molecule has 0 aliphatic carbocycles. The van der Waals surface area contributed by atoms with Crippen LogP contribution in [-0.2, 0) is 16.1 Å². The Balaban J connectivity index is 1.55. The lowest BCUT2D eigenvalue weighted by atomic mass is 9.64. The first kappa shape index (κ1) is 19.3. The average molecular weight is 361 g/mol. The van der Waals surface area contributed by atoms with Gasteiger partial charge in [0.1, 0.15) is 6.61 Å².